The maximum Gasteiger partial charge on any atom is 0.165 e. The molecular formula is C15H23FN2O3. The maximum atomic E-state index is 13.5. The number of benzene rings is 1. The van der Waals surface area contributed by atoms with Gasteiger partial charge in [-0.15, -0.1) is 0 Å². The van der Waals surface area contributed by atoms with E-state index in [1.165, 1.54) is 18.2 Å². The van der Waals surface area contributed by atoms with E-state index >= 15 is 0 Å². The summed E-state index contributed by atoms with van der Waals surface area (Å²) in [5.74, 6) is -0.263. The number of rotatable bonds is 11. The molecular weight excluding hydrogens is 275 g/mol. The highest BCUT2D eigenvalue weighted by atomic mass is 19.1. The highest BCUT2D eigenvalue weighted by Crippen LogP contribution is 2.18. The van der Waals surface area contributed by atoms with Crippen LogP contribution in [0.5, 0.6) is 5.75 Å². The highest BCUT2D eigenvalue weighted by Gasteiger charge is 2.05. The van der Waals surface area contributed by atoms with Gasteiger partial charge in [0.25, 0.3) is 0 Å². The molecule has 0 fully saturated rings. The van der Waals surface area contributed by atoms with Crippen LogP contribution >= 0.6 is 0 Å². The van der Waals surface area contributed by atoms with E-state index in [1.807, 2.05) is 4.90 Å². The quantitative estimate of drug-likeness (QED) is 0.425. The fraction of sp³-hybridized carbons (Fsp3) is 0.533. The van der Waals surface area contributed by atoms with Crippen molar-refractivity contribution in [2.24, 2.45) is 0 Å². The molecule has 0 bridgehead atoms. The van der Waals surface area contributed by atoms with E-state index in [9.17, 15) is 4.39 Å². The van der Waals surface area contributed by atoms with Crippen LogP contribution in [-0.4, -0.2) is 60.8 Å². The van der Waals surface area contributed by atoms with Gasteiger partial charge in [-0.3, -0.25) is 4.90 Å². The molecule has 0 unspecified atom stereocenters. The molecule has 0 saturated heterocycles. The number of aliphatic hydroxyl groups is 2. The van der Waals surface area contributed by atoms with Crippen LogP contribution in [0.25, 0.3) is 0 Å². The van der Waals surface area contributed by atoms with Crippen LogP contribution in [-0.2, 0) is 0 Å². The van der Waals surface area contributed by atoms with E-state index in [0.29, 0.717) is 25.3 Å². The van der Waals surface area contributed by atoms with Crippen molar-refractivity contribution < 1.29 is 19.3 Å². The van der Waals surface area contributed by atoms with E-state index < -0.39 is 5.82 Å². The van der Waals surface area contributed by atoms with Gasteiger partial charge in [0.05, 0.1) is 19.8 Å². The SMILES string of the molecule is N=Cc1ccc(F)c(OCCCCN(CCO)CCO)c1. The van der Waals surface area contributed by atoms with E-state index in [1.54, 1.807) is 0 Å². The van der Waals surface area contributed by atoms with Crippen molar-refractivity contribution in [3.63, 3.8) is 0 Å². The van der Waals surface area contributed by atoms with E-state index in [2.05, 4.69) is 0 Å². The molecule has 0 saturated carbocycles. The number of hydrogen-bond donors (Lipinski definition) is 3. The van der Waals surface area contributed by atoms with Gasteiger partial charge in [-0.1, -0.05) is 6.07 Å². The van der Waals surface area contributed by atoms with Crippen molar-refractivity contribution in [3.8, 4) is 5.75 Å². The molecule has 0 aromatic heterocycles. The van der Waals surface area contributed by atoms with Gasteiger partial charge in [0.2, 0.25) is 0 Å². The first-order chi connectivity index (χ1) is 10.2. The summed E-state index contributed by atoms with van der Waals surface area (Å²) in [6.07, 6.45) is 2.74. The lowest BCUT2D eigenvalue weighted by atomic mass is 10.2. The third-order valence-electron chi connectivity index (χ3n) is 3.08. The van der Waals surface area contributed by atoms with Crippen molar-refractivity contribution in [3.05, 3.63) is 29.6 Å². The minimum Gasteiger partial charge on any atom is -0.490 e. The second kappa shape index (κ2) is 10.3. The van der Waals surface area contributed by atoms with Gasteiger partial charge in [0.15, 0.2) is 11.6 Å². The Morgan fingerprint density at radius 3 is 2.48 bits per heavy atom. The molecule has 0 spiro atoms. The van der Waals surface area contributed by atoms with Crippen molar-refractivity contribution in [2.45, 2.75) is 12.8 Å². The van der Waals surface area contributed by atoms with Gasteiger partial charge in [-0.25, -0.2) is 4.39 Å². The molecule has 3 N–H and O–H groups in total. The summed E-state index contributed by atoms with van der Waals surface area (Å²) < 4.78 is 18.9. The van der Waals surface area contributed by atoms with Gasteiger partial charge < -0.3 is 20.4 Å². The second-order valence-corrected chi connectivity index (χ2v) is 4.68. The monoisotopic (exact) mass is 298 g/mol. The van der Waals surface area contributed by atoms with E-state index in [4.69, 9.17) is 20.4 Å². The number of nitrogens with one attached hydrogen (secondary N) is 1. The molecule has 1 aromatic rings. The molecule has 21 heavy (non-hydrogen) atoms. The van der Waals surface area contributed by atoms with Gasteiger partial charge >= 0.3 is 0 Å². The molecule has 5 nitrogen and oxygen atoms in total. The first-order valence-corrected chi connectivity index (χ1v) is 7.08. The fourth-order valence-corrected chi connectivity index (χ4v) is 1.96. The van der Waals surface area contributed by atoms with Crippen molar-refractivity contribution in [1.82, 2.24) is 4.90 Å². The number of aliphatic hydroxyl groups excluding tert-OH is 2. The molecule has 0 aliphatic carbocycles. The lowest BCUT2D eigenvalue weighted by Gasteiger charge is -2.19. The summed E-state index contributed by atoms with van der Waals surface area (Å²) >= 11 is 0. The summed E-state index contributed by atoms with van der Waals surface area (Å²) in [5, 5.41) is 24.9. The molecule has 0 heterocycles. The molecule has 6 heteroatoms. The minimum atomic E-state index is -0.428. The Hall–Kier alpha value is -1.50. The lowest BCUT2D eigenvalue weighted by molar-refractivity contribution is 0.157. The Bertz CT molecular complexity index is 423. The molecule has 0 amide bonds. The van der Waals surface area contributed by atoms with Crippen molar-refractivity contribution in [2.75, 3.05) is 39.5 Å². The fourth-order valence-electron chi connectivity index (χ4n) is 1.96. The Balaban J connectivity index is 2.29. The standard InChI is InChI=1S/C15H23FN2O3/c16-14-4-3-13(12-17)11-15(14)21-10-2-1-5-18(6-8-19)7-9-20/h3-4,11-12,17,19-20H,1-2,5-10H2. The summed E-state index contributed by atoms with van der Waals surface area (Å²) in [6, 6.07) is 4.32. The van der Waals surface area contributed by atoms with Gasteiger partial charge in [0, 0.05) is 19.3 Å². The molecule has 0 aliphatic heterocycles. The predicted octanol–water partition coefficient (Wildman–Crippen LogP) is 1.27. The highest BCUT2D eigenvalue weighted by molar-refractivity contribution is 5.77. The maximum absolute atomic E-state index is 13.5. The zero-order valence-electron chi connectivity index (χ0n) is 12.1. The normalized spacial score (nSPS) is 10.9. The van der Waals surface area contributed by atoms with Crippen molar-refractivity contribution in [1.29, 1.82) is 5.41 Å². The molecule has 118 valence electrons. The van der Waals surface area contributed by atoms with Crippen LogP contribution in [0.4, 0.5) is 4.39 Å². The van der Waals surface area contributed by atoms with Crippen LogP contribution in [0.15, 0.2) is 18.2 Å². The largest absolute Gasteiger partial charge is 0.490 e. The molecule has 0 atom stereocenters. The first-order valence-electron chi connectivity index (χ1n) is 7.08. The van der Waals surface area contributed by atoms with E-state index in [0.717, 1.165) is 25.6 Å². The third kappa shape index (κ3) is 6.66. The smallest absolute Gasteiger partial charge is 0.165 e. The molecule has 1 aromatic carbocycles. The number of ether oxygens (including phenoxy) is 1. The Labute approximate surface area is 124 Å². The van der Waals surface area contributed by atoms with Crippen LogP contribution < -0.4 is 4.74 Å². The number of unbranched alkanes of at least 4 members (excludes halogenated alkanes) is 1. The Morgan fingerprint density at radius 1 is 1.14 bits per heavy atom. The third-order valence-corrected chi connectivity index (χ3v) is 3.08. The summed E-state index contributed by atoms with van der Waals surface area (Å²) in [7, 11) is 0. The van der Waals surface area contributed by atoms with Gasteiger partial charge in [0.1, 0.15) is 0 Å². The first kappa shape index (κ1) is 17.6. The molecule has 0 radical (unpaired) electrons. The van der Waals surface area contributed by atoms with Crippen LogP contribution in [0.2, 0.25) is 0 Å². The zero-order chi connectivity index (χ0) is 15.5. The summed E-state index contributed by atoms with van der Waals surface area (Å²) in [5.41, 5.74) is 0.600. The predicted molar refractivity (Wildman–Crippen MR) is 79.6 cm³/mol. The molecule has 0 aliphatic rings. The zero-order valence-corrected chi connectivity index (χ0v) is 12.1. The van der Waals surface area contributed by atoms with Gasteiger partial charge in [-0.2, -0.15) is 0 Å². The van der Waals surface area contributed by atoms with Crippen LogP contribution in [0, 0.1) is 11.2 Å². The number of halogens is 1. The molecule has 1 rings (SSSR count). The topological polar surface area (TPSA) is 76.8 Å². The Morgan fingerprint density at radius 2 is 1.86 bits per heavy atom. The number of nitrogens with zero attached hydrogens (tertiary/aromatic N) is 1. The van der Waals surface area contributed by atoms with Crippen molar-refractivity contribution >= 4 is 6.21 Å². The second-order valence-electron chi connectivity index (χ2n) is 4.68. The lowest BCUT2D eigenvalue weighted by Crippen LogP contribution is -2.31. The van der Waals surface area contributed by atoms with Crippen LogP contribution in [0.1, 0.15) is 18.4 Å². The minimum absolute atomic E-state index is 0.0676. The number of hydrogen-bond acceptors (Lipinski definition) is 5. The summed E-state index contributed by atoms with van der Waals surface area (Å²) in [6.45, 7) is 2.36. The summed E-state index contributed by atoms with van der Waals surface area (Å²) in [4.78, 5) is 1.97. The van der Waals surface area contributed by atoms with E-state index in [-0.39, 0.29) is 19.0 Å². The average Bonchev–Trinajstić information content (AvgIpc) is 2.49. The van der Waals surface area contributed by atoms with Gasteiger partial charge in [-0.05, 0) is 37.1 Å². The van der Waals surface area contributed by atoms with Crippen LogP contribution in [0.3, 0.4) is 0 Å². The Kier molecular flexibility index (Phi) is 8.57. The average molecular weight is 298 g/mol.